The second kappa shape index (κ2) is 3.13. The molecule has 1 heterocycles. The molecule has 9 heavy (non-hydrogen) atoms. The molecule has 0 N–H and O–H groups in total. The summed E-state index contributed by atoms with van der Waals surface area (Å²) < 4.78 is 0.861. The van der Waals surface area contributed by atoms with Gasteiger partial charge < -0.3 is 0 Å². The Bertz CT molecular complexity index is 204. The summed E-state index contributed by atoms with van der Waals surface area (Å²) in [6.07, 6.45) is 3.15. The van der Waals surface area contributed by atoms with Gasteiger partial charge >= 0.3 is 0 Å². The molecule has 0 saturated carbocycles. The Hall–Kier alpha value is -0.150. The zero-order chi connectivity index (χ0) is 6.69. The first-order valence-corrected chi connectivity index (χ1v) is 3.67. The summed E-state index contributed by atoms with van der Waals surface area (Å²) in [4.78, 5) is 7.68. The fraction of sp³-hybridized carbons (Fsp3) is 0.200. The van der Waals surface area contributed by atoms with E-state index in [-0.39, 0.29) is 0 Å². The van der Waals surface area contributed by atoms with Crippen molar-refractivity contribution in [3.05, 3.63) is 22.7 Å². The highest BCUT2D eigenvalue weighted by Crippen LogP contribution is 2.12. The Morgan fingerprint density at radius 1 is 1.67 bits per heavy atom. The molecule has 0 aliphatic heterocycles. The first-order chi connectivity index (χ1) is 4.34. The summed E-state index contributed by atoms with van der Waals surface area (Å²) in [5.74, 6) is 0.420. The summed E-state index contributed by atoms with van der Waals surface area (Å²) in [5, 5.41) is 0. The van der Waals surface area contributed by atoms with Gasteiger partial charge in [0.25, 0.3) is 0 Å². The van der Waals surface area contributed by atoms with Crippen molar-refractivity contribution in [2.45, 2.75) is 5.88 Å². The van der Waals surface area contributed by atoms with Crippen molar-refractivity contribution < 1.29 is 0 Å². The van der Waals surface area contributed by atoms with Crippen molar-refractivity contribution in [2.24, 2.45) is 0 Å². The fourth-order valence-electron chi connectivity index (χ4n) is 0.436. The van der Waals surface area contributed by atoms with E-state index < -0.39 is 0 Å². The molecule has 1 rings (SSSR count). The van der Waals surface area contributed by atoms with Crippen LogP contribution in [0.15, 0.2) is 17.0 Å². The molecule has 0 spiro atoms. The lowest BCUT2D eigenvalue weighted by Gasteiger charge is -1.93. The van der Waals surface area contributed by atoms with Crippen LogP contribution in [0.25, 0.3) is 0 Å². The van der Waals surface area contributed by atoms with E-state index >= 15 is 0 Å². The van der Waals surface area contributed by atoms with E-state index in [1.165, 1.54) is 6.33 Å². The van der Waals surface area contributed by atoms with Crippen LogP contribution in [0.3, 0.4) is 0 Å². The van der Waals surface area contributed by atoms with Crippen LogP contribution in [0.2, 0.25) is 0 Å². The van der Waals surface area contributed by atoms with E-state index in [1.54, 1.807) is 6.20 Å². The normalized spacial score (nSPS) is 9.56. The third-order valence-corrected chi connectivity index (χ3v) is 1.79. The second-order valence-electron chi connectivity index (χ2n) is 1.45. The van der Waals surface area contributed by atoms with Gasteiger partial charge in [-0.1, -0.05) is 0 Å². The highest BCUT2D eigenvalue weighted by Gasteiger charge is 1.95. The number of halogens is 2. The first-order valence-electron chi connectivity index (χ1n) is 2.35. The maximum Gasteiger partial charge on any atom is 0.115 e. The third kappa shape index (κ3) is 1.63. The molecular weight excluding hydrogens is 203 g/mol. The fourth-order valence-corrected chi connectivity index (χ4v) is 1.17. The van der Waals surface area contributed by atoms with Gasteiger partial charge in [-0.05, 0) is 15.9 Å². The lowest BCUT2D eigenvalue weighted by atomic mass is 10.5. The number of rotatable bonds is 1. The van der Waals surface area contributed by atoms with E-state index in [1.807, 2.05) is 0 Å². The number of hydrogen-bond donors (Lipinski definition) is 0. The van der Waals surface area contributed by atoms with Crippen LogP contribution >= 0.6 is 27.5 Å². The maximum atomic E-state index is 5.51. The van der Waals surface area contributed by atoms with Crippen LogP contribution in [0.4, 0.5) is 0 Å². The van der Waals surface area contributed by atoms with E-state index in [0.717, 1.165) is 10.2 Å². The highest BCUT2D eigenvalue weighted by molar-refractivity contribution is 9.10. The molecule has 0 atom stereocenters. The molecule has 48 valence electrons. The van der Waals surface area contributed by atoms with Gasteiger partial charge in [0.15, 0.2) is 0 Å². The zero-order valence-electron chi connectivity index (χ0n) is 4.51. The number of nitrogens with zero attached hydrogens (tertiary/aromatic N) is 2. The largest absolute Gasteiger partial charge is 0.244 e. The van der Waals surface area contributed by atoms with Gasteiger partial charge in [0.1, 0.15) is 6.33 Å². The van der Waals surface area contributed by atoms with Crippen molar-refractivity contribution >= 4 is 27.5 Å². The molecular formula is C5H4BrClN2. The maximum absolute atomic E-state index is 5.51. The zero-order valence-corrected chi connectivity index (χ0v) is 6.85. The monoisotopic (exact) mass is 206 g/mol. The average molecular weight is 207 g/mol. The van der Waals surface area contributed by atoms with Gasteiger partial charge in [-0.3, -0.25) is 0 Å². The van der Waals surface area contributed by atoms with E-state index in [4.69, 9.17) is 11.6 Å². The summed E-state index contributed by atoms with van der Waals surface area (Å²) in [6, 6.07) is 0. The summed E-state index contributed by atoms with van der Waals surface area (Å²) >= 11 is 8.76. The molecule has 2 nitrogen and oxygen atoms in total. The van der Waals surface area contributed by atoms with Gasteiger partial charge in [-0.15, -0.1) is 11.6 Å². The minimum atomic E-state index is 0.420. The number of hydrogen-bond acceptors (Lipinski definition) is 2. The minimum absolute atomic E-state index is 0.420. The summed E-state index contributed by atoms with van der Waals surface area (Å²) in [7, 11) is 0. The van der Waals surface area contributed by atoms with Crippen molar-refractivity contribution in [1.82, 2.24) is 9.97 Å². The van der Waals surface area contributed by atoms with Crippen LogP contribution in [0.1, 0.15) is 5.69 Å². The van der Waals surface area contributed by atoms with Crippen molar-refractivity contribution in [3.63, 3.8) is 0 Å². The van der Waals surface area contributed by atoms with Crippen molar-refractivity contribution in [1.29, 1.82) is 0 Å². The quantitative estimate of drug-likeness (QED) is 0.658. The van der Waals surface area contributed by atoms with Gasteiger partial charge in [0, 0.05) is 6.20 Å². The van der Waals surface area contributed by atoms with Gasteiger partial charge in [-0.25, -0.2) is 9.97 Å². The van der Waals surface area contributed by atoms with Crippen LogP contribution < -0.4 is 0 Å². The first kappa shape index (κ1) is 6.96. The molecule has 0 amide bonds. The molecule has 1 aromatic heterocycles. The molecule has 0 bridgehead atoms. The summed E-state index contributed by atoms with van der Waals surface area (Å²) in [6.45, 7) is 0. The molecule has 0 saturated heterocycles. The van der Waals surface area contributed by atoms with Crippen LogP contribution in [-0.2, 0) is 5.88 Å². The van der Waals surface area contributed by atoms with E-state index in [0.29, 0.717) is 5.88 Å². The van der Waals surface area contributed by atoms with Crippen LogP contribution in [0, 0.1) is 0 Å². The number of alkyl halides is 1. The van der Waals surface area contributed by atoms with E-state index in [9.17, 15) is 0 Å². The Labute approximate surface area is 66.4 Å². The molecule has 4 heteroatoms. The standard InChI is InChI=1S/C5H4BrClN2/c6-4-2-8-3-9-5(4)1-7/h2-3H,1H2. The summed E-state index contributed by atoms with van der Waals surface area (Å²) in [5.41, 5.74) is 0.826. The Morgan fingerprint density at radius 2 is 2.44 bits per heavy atom. The lowest BCUT2D eigenvalue weighted by molar-refractivity contribution is 1.07. The molecule has 0 radical (unpaired) electrons. The predicted molar refractivity (Wildman–Crippen MR) is 39.3 cm³/mol. The van der Waals surface area contributed by atoms with Gasteiger partial charge in [0.2, 0.25) is 0 Å². The Morgan fingerprint density at radius 3 is 2.89 bits per heavy atom. The predicted octanol–water partition coefficient (Wildman–Crippen LogP) is 1.98. The molecule has 0 aromatic carbocycles. The van der Waals surface area contributed by atoms with Crippen molar-refractivity contribution in [2.75, 3.05) is 0 Å². The highest BCUT2D eigenvalue weighted by atomic mass is 79.9. The molecule has 0 fully saturated rings. The topological polar surface area (TPSA) is 25.8 Å². The average Bonchev–Trinajstić information content (AvgIpc) is 1.89. The van der Waals surface area contributed by atoms with Crippen LogP contribution in [-0.4, -0.2) is 9.97 Å². The molecule has 1 aromatic rings. The molecule has 0 aliphatic rings. The number of aromatic nitrogens is 2. The van der Waals surface area contributed by atoms with Gasteiger partial charge in [-0.2, -0.15) is 0 Å². The SMILES string of the molecule is ClCc1ncncc1Br. The van der Waals surface area contributed by atoms with Crippen molar-refractivity contribution in [3.8, 4) is 0 Å². The van der Waals surface area contributed by atoms with Gasteiger partial charge in [0.05, 0.1) is 16.0 Å². The second-order valence-corrected chi connectivity index (χ2v) is 2.57. The molecule has 0 unspecified atom stereocenters. The van der Waals surface area contributed by atoms with E-state index in [2.05, 4.69) is 25.9 Å². The third-order valence-electron chi connectivity index (χ3n) is 0.870. The minimum Gasteiger partial charge on any atom is -0.244 e. The van der Waals surface area contributed by atoms with Crippen LogP contribution in [0.5, 0.6) is 0 Å². The molecule has 0 aliphatic carbocycles. The Kier molecular flexibility index (Phi) is 2.42. The smallest absolute Gasteiger partial charge is 0.115 e. The Balaban J connectivity index is 3.01. The lowest BCUT2D eigenvalue weighted by Crippen LogP contribution is -1.86.